The lowest BCUT2D eigenvalue weighted by Crippen LogP contribution is -2.32. The highest BCUT2D eigenvalue weighted by atomic mass is 16.5. The maximum absolute atomic E-state index is 9.74. The van der Waals surface area contributed by atoms with Crippen LogP contribution in [0.5, 0.6) is 0 Å². The third-order valence-electron chi connectivity index (χ3n) is 6.37. The molecule has 1 aliphatic rings. The van der Waals surface area contributed by atoms with Gasteiger partial charge in [-0.3, -0.25) is 5.32 Å². The van der Waals surface area contributed by atoms with Crippen molar-refractivity contribution in [3.8, 4) is 0 Å². The Morgan fingerprint density at radius 2 is 1.68 bits per heavy atom. The molecule has 1 aliphatic carbocycles. The summed E-state index contributed by atoms with van der Waals surface area (Å²) in [5.41, 5.74) is 0. The molecule has 0 aliphatic heterocycles. The maximum atomic E-state index is 9.74. The lowest BCUT2D eigenvalue weighted by molar-refractivity contribution is -0.0536. The standard InChI is InChI=1S/C21H43NO3/c1-6-16(3)25-20(13-10-18-8-11-19(23)12-9-18)17(4)15(2)7-14-21(24)22-5/h15-24H,6-14H2,1-5H3/t15-,16-,17-,18?,19?,20-,21?/m1/s1. The lowest BCUT2D eigenvalue weighted by atomic mass is 9.80. The zero-order chi connectivity index (χ0) is 18.8. The summed E-state index contributed by atoms with van der Waals surface area (Å²) in [5.74, 6) is 1.78. The molecular weight excluding hydrogens is 314 g/mol. The first-order valence-electron chi connectivity index (χ1n) is 10.6. The van der Waals surface area contributed by atoms with E-state index in [4.69, 9.17) is 4.74 Å². The van der Waals surface area contributed by atoms with Gasteiger partial charge in [0.25, 0.3) is 0 Å². The molecule has 4 heteroatoms. The van der Waals surface area contributed by atoms with Crippen molar-refractivity contribution < 1.29 is 14.9 Å². The maximum Gasteiger partial charge on any atom is 0.104 e. The van der Waals surface area contributed by atoms with Gasteiger partial charge in [-0.05, 0) is 89.5 Å². The molecule has 1 saturated carbocycles. The molecule has 5 atom stereocenters. The minimum Gasteiger partial charge on any atom is -0.393 e. The summed E-state index contributed by atoms with van der Waals surface area (Å²) in [6, 6.07) is 0. The molecule has 0 spiro atoms. The molecule has 1 fully saturated rings. The van der Waals surface area contributed by atoms with Crippen LogP contribution in [0.2, 0.25) is 0 Å². The second-order valence-corrected chi connectivity index (χ2v) is 8.36. The summed E-state index contributed by atoms with van der Waals surface area (Å²) in [5, 5.41) is 22.3. The van der Waals surface area contributed by atoms with E-state index in [-0.39, 0.29) is 6.10 Å². The van der Waals surface area contributed by atoms with Gasteiger partial charge in [-0.2, -0.15) is 0 Å². The predicted molar refractivity (Wildman–Crippen MR) is 104 cm³/mol. The van der Waals surface area contributed by atoms with Gasteiger partial charge in [-0.1, -0.05) is 20.8 Å². The number of aliphatic hydroxyl groups is 2. The van der Waals surface area contributed by atoms with Gasteiger partial charge in [-0.15, -0.1) is 0 Å². The molecule has 3 N–H and O–H groups in total. The first-order chi connectivity index (χ1) is 11.9. The molecule has 0 aromatic carbocycles. The lowest BCUT2D eigenvalue weighted by Gasteiger charge is -2.33. The van der Waals surface area contributed by atoms with Gasteiger partial charge >= 0.3 is 0 Å². The number of rotatable bonds is 12. The Morgan fingerprint density at radius 3 is 2.24 bits per heavy atom. The quantitative estimate of drug-likeness (QED) is 0.460. The minimum atomic E-state index is -0.405. The van der Waals surface area contributed by atoms with E-state index in [2.05, 4.69) is 33.0 Å². The van der Waals surface area contributed by atoms with Crippen LogP contribution in [0, 0.1) is 17.8 Å². The molecule has 0 bridgehead atoms. The number of ether oxygens (including phenoxy) is 1. The van der Waals surface area contributed by atoms with Crippen molar-refractivity contribution in [1.82, 2.24) is 5.32 Å². The van der Waals surface area contributed by atoms with E-state index in [1.165, 1.54) is 6.42 Å². The summed E-state index contributed by atoms with van der Waals surface area (Å²) in [6.45, 7) is 8.96. The summed E-state index contributed by atoms with van der Waals surface area (Å²) < 4.78 is 6.40. The normalized spacial score (nSPS) is 27.5. The minimum absolute atomic E-state index is 0.0686. The van der Waals surface area contributed by atoms with Gasteiger partial charge in [0.15, 0.2) is 0 Å². The summed E-state index contributed by atoms with van der Waals surface area (Å²) >= 11 is 0. The summed E-state index contributed by atoms with van der Waals surface area (Å²) in [7, 11) is 1.80. The highest BCUT2D eigenvalue weighted by Crippen LogP contribution is 2.32. The van der Waals surface area contributed by atoms with Gasteiger partial charge < -0.3 is 14.9 Å². The zero-order valence-corrected chi connectivity index (χ0v) is 17.2. The fraction of sp³-hybridized carbons (Fsp3) is 1.00. The topological polar surface area (TPSA) is 61.7 Å². The molecule has 150 valence electrons. The monoisotopic (exact) mass is 357 g/mol. The smallest absolute Gasteiger partial charge is 0.104 e. The van der Waals surface area contributed by atoms with E-state index in [0.29, 0.717) is 24.0 Å². The molecular formula is C21H43NO3. The molecule has 1 rings (SSSR count). The first kappa shape index (κ1) is 22.9. The largest absolute Gasteiger partial charge is 0.393 e. The van der Waals surface area contributed by atoms with Crippen LogP contribution >= 0.6 is 0 Å². The molecule has 0 saturated heterocycles. The molecule has 0 amide bonds. The first-order valence-corrected chi connectivity index (χ1v) is 10.6. The van der Waals surface area contributed by atoms with Crippen LogP contribution in [0.3, 0.4) is 0 Å². The van der Waals surface area contributed by atoms with E-state index >= 15 is 0 Å². The van der Waals surface area contributed by atoms with Crippen LogP contribution < -0.4 is 5.32 Å². The van der Waals surface area contributed by atoms with Crippen LogP contribution in [0.4, 0.5) is 0 Å². The van der Waals surface area contributed by atoms with Crippen LogP contribution in [0.25, 0.3) is 0 Å². The van der Waals surface area contributed by atoms with Crippen molar-refractivity contribution in [1.29, 1.82) is 0 Å². The molecule has 25 heavy (non-hydrogen) atoms. The van der Waals surface area contributed by atoms with Crippen molar-refractivity contribution >= 4 is 0 Å². The second-order valence-electron chi connectivity index (χ2n) is 8.36. The van der Waals surface area contributed by atoms with Crippen LogP contribution in [-0.2, 0) is 4.74 Å². The van der Waals surface area contributed by atoms with Crippen molar-refractivity contribution in [2.75, 3.05) is 7.05 Å². The van der Waals surface area contributed by atoms with E-state index in [1.807, 2.05) is 0 Å². The number of hydrogen-bond donors (Lipinski definition) is 3. The fourth-order valence-corrected chi connectivity index (χ4v) is 3.88. The van der Waals surface area contributed by atoms with Crippen molar-refractivity contribution in [3.63, 3.8) is 0 Å². The van der Waals surface area contributed by atoms with Gasteiger partial charge in [0.1, 0.15) is 6.23 Å². The van der Waals surface area contributed by atoms with Crippen LogP contribution in [0.15, 0.2) is 0 Å². The van der Waals surface area contributed by atoms with Gasteiger partial charge in [0.05, 0.1) is 18.3 Å². The molecule has 0 radical (unpaired) electrons. The fourth-order valence-electron chi connectivity index (χ4n) is 3.88. The average molecular weight is 358 g/mol. The third-order valence-corrected chi connectivity index (χ3v) is 6.37. The number of hydrogen-bond acceptors (Lipinski definition) is 4. The Balaban J connectivity index is 2.52. The van der Waals surface area contributed by atoms with E-state index in [0.717, 1.165) is 57.3 Å². The van der Waals surface area contributed by atoms with E-state index in [1.54, 1.807) is 7.05 Å². The summed E-state index contributed by atoms with van der Waals surface area (Å²) in [4.78, 5) is 0. The number of nitrogens with one attached hydrogen (secondary N) is 1. The van der Waals surface area contributed by atoms with Gasteiger partial charge in [0.2, 0.25) is 0 Å². The van der Waals surface area contributed by atoms with Crippen molar-refractivity contribution in [2.24, 2.45) is 17.8 Å². The SMILES string of the molecule is CC[C@@H](C)O[C@H](CCC1CCC(O)CC1)[C@H](C)[C@H](C)CCC(O)NC. The third kappa shape index (κ3) is 8.85. The summed E-state index contributed by atoms with van der Waals surface area (Å²) in [6.07, 6.45) is 9.56. The zero-order valence-electron chi connectivity index (χ0n) is 17.2. The Morgan fingerprint density at radius 1 is 1.04 bits per heavy atom. The van der Waals surface area contributed by atoms with Crippen LogP contribution in [-0.4, -0.2) is 41.8 Å². The van der Waals surface area contributed by atoms with E-state index in [9.17, 15) is 10.2 Å². The van der Waals surface area contributed by atoms with Crippen molar-refractivity contribution in [2.45, 2.75) is 110 Å². The predicted octanol–water partition coefficient (Wildman–Crippen LogP) is 4.09. The Labute approximate surface area is 155 Å². The highest BCUT2D eigenvalue weighted by molar-refractivity contribution is 4.78. The van der Waals surface area contributed by atoms with Crippen LogP contribution in [0.1, 0.15) is 85.5 Å². The number of aliphatic hydroxyl groups excluding tert-OH is 2. The van der Waals surface area contributed by atoms with Gasteiger partial charge in [-0.25, -0.2) is 0 Å². The Bertz CT molecular complexity index is 331. The van der Waals surface area contributed by atoms with E-state index < -0.39 is 6.23 Å². The second kappa shape index (κ2) is 12.3. The Hall–Kier alpha value is -0.160. The average Bonchev–Trinajstić information content (AvgIpc) is 2.63. The molecule has 1 unspecified atom stereocenters. The Kier molecular flexibility index (Phi) is 11.2. The van der Waals surface area contributed by atoms with Gasteiger partial charge in [0, 0.05) is 0 Å². The molecule has 0 aromatic heterocycles. The molecule has 4 nitrogen and oxygen atoms in total. The molecule has 0 heterocycles. The molecule has 0 aromatic rings. The van der Waals surface area contributed by atoms with Crippen molar-refractivity contribution in [3.05, 3.63) is 0 Å². The highest BCUT2D eigenvalue weighted by Gasteiger charge is 2.27.